The summed E-state index contributed by atoms with van der Waals surface area (Å²) in [5, 5.41) is 7.40. The normalized spacial score (nSPS) is 20.1. The lowest BCUT2D eigenvalue weighted by Crippen LogP contribution is -2.53. The predicted octanol–water partition coefficient (Wildman–Crippen LogP) is 3.06. The molecule has 0 radical (unpaired) electrons. The molecule has 0 bridgehead atoms. The molecule has 1 N–H and O–H groups in total. The molecule has 1 aromatic heterocycles. The van der Waals surface area contributed by atoms with Gasteiger partial charge in [0, 0.05) is 24.8 Å². The zero-order valence-corrected chi connectivity index (χ0v) is 16.2. The van der Waals surface area contributed by atoms with Crippen molar-refractivity contribution in [3.63, 3.8) is 0 Å². The summed E-state index contributed by atoms with van der Waals surface area (Å²) in [5.41, 5.74) is 2.14. The van der Waals surface area contributed by atoms with Crippen LogP contribution in [0.4, 0.5) is 20.4 Å². The van der Waals surface area contributed by atoms with Gasteiger partial charge in [0.05, 0.1) is 37.7 Å². The van der Waals surface area contributed by atoms with Crippen LogP contribution in [0.1, 0.15) is 11.7 Å². The lowest BCUT2D eigenvalue weighted by Gasteiger charge is -2.42. The third kappa shape index (κ3) is 4.04. The topological polar surface area (TPSA) is 64.4 Å². The SMILES string of the molecule is Fc1cc(F)cc(-n2cnc(Nc3cccc([C@H]4CN(C5COC5)CCO4)c3)n2)c1. The highest BCUT2D eigenvalue weighted by atomic mass is 19.1. The molecule has 3 heterocycles. The molecule has 2 saturated heterocycles. The van der Waals surface area contributed by atoms with Crippen molar-refractivity contribution in [3.8, 4) is 5.69 Å². The van der Waals surface area contributed by atoms with Gasteiger partial charge in [0.1, 0.15) is 18.0 Å². The minimum Gasteiger partial charge on any atom is -0.378 e. The van der Waals surface area contributed by atoms with Crippen LogP contribution in [0.25, 0.3) is 5.69 Å². The van der Waals surface area contributed by atoms with Crippen LogP contribution in [-0.2, 0) is 9.47 Å². The minimum absolute atomic E-state index is 0.0121. The molecule has 2 aliphatic heterocycles. The van der Waals surface area contributed by atoms with E-state index in [1.165, 1.54) is 23.1 Å². The van der Waals surface area contributed by atoms with Crippen LogP contribution in [0.3, 0.4) is 0 Å². The zero-order valence-electron chi connectivity index (χ0n) is 16.2. The first kappa shape index (κ1) is 19.1. The maximum Gasteiger partial charge on any atom is 0.246 e. The average molecular weight is 413 g/mol. The van der Waals surface area contributed by atoms with Crippen LogP contribution < -0.4 is 5.32 Å². The number of hydrogen-bond donors (Lipinski definition) is 1. The van der Waals surface area contributed by atoms with Crippen molar-refractivity contribution in [2.45, 2.75) is 12.1 Å². The molecular weight excluding hydrogens is 392 g/mol. The van der Waals surface area contributed by atoms with Crippen molar-refractivity contribution in [2.24, 2.45) is 0 Å². The van der Waals surface area contributed by atoms with Gasteiger partial charge in [-0.2, -0.15) is 4.98 Å². The smallest absolute Gasteiger partial charge is 0.246 e. The highest BCUT2D eigenvalue weighted by molar-refractivity contribution is 5.54. The van der Waals surface area contributed by atoms with Crippen LogP contribution in [-0.4, -0.2) is 58.6 Å². The maximum atomic E-state index is 13.5. The van der Waals surface area contributed by atoms with E-state index in [9.17, 15) is 8.78 Å². The number of rotatable bonds is 5. The van der Waals surface area contributed by atoms with E-state index in [1.54, 1.807) is 0 Å². The minimum atomic E-state index is -0.669. The number of aromatic nitrogens is 3. The van der Waals surface area contributed by atoms with Gasteiger partial charge in [0.15, 0.2) is 0 Å². The second kappa shape index (κ2) is 8.10. The monoisotopic (exact) mass is 413 g/mol. The molecule has 0 amide bonds. The summed E-state index contributed by atoms with van der Waals surface area (Å²) in [6.45, 7) is 4.02. The average Bonchev–Trinajstić information content (AvgIpc) is 3.15. The second-order valence-electron chi connectivity index (χ2n) is 7.44. The summed E-state index contributed by atoms with van der Waals surface area (Å²) in [6, 6.07) is 11.6. The van der Waals surface area contributed by atoms with Crippen molar-refractivity contribution < 1.29 is 18.3 Å². The Labute approximate surface area is 172 Å². The Kier molecular flexibility index (Phi) is 5.16. The van der Waals surface area contributed by atoms with Crippen molar-refractivity contribution in [3.05, 3.63) is 66.0 Å². The van der Waals surface area contributed by atoms with Crippen LogP contribution in [0.5, 0.6) is 0 Å². The summed E-state index contributed by atoms with van der Waals surface area (Å²) < 4.78 is 39.5. The predicted molar refractivity (Wildman–Crippen MR) is 106 cm³/mol. The molecule has 3 aromatic rings. The van der Waals surface area contributed by atoms with Gasteiger partial charge in [-0.3, -0.25) is 4.90 Å². The fraction of sp³-hybridized carbons (Fsp3) is 0.333. The molecule has 2 aromatic carbocycles. The van der Waals surface area contributed by atoms with Gasteiger partial charge in [0.25, 0.3) is 0 Å². The first-order valence-electron chi connectivity index (χ1n) is 9.82. The molecule has 0 unspecified atom stereocenters. The van der Waals surface area contributed by atoms with Gasteiger partial charge in [-0.05, 0) is 29.8 Å². The molecule has 0 saturated carbocycles. The van der Waals surface area contributed by atoms with E-state index in [0.717, 1.165) is 43.6 Å². The first-order valence-corrected chi connectivity index (χ1v) is 9.82. The van der Waals surface area contributed by atoms with Gasteiger partial charge in [-0.25, -0.2) is 13.5 Å². The van der Waals surface area contributed by atoms with Gasteiger partial charge in [0.2, 0.25) is 5.95 Å². The number of benzene rings is 2. The number of anilines is 2. The van der Waals surface area contributed by atoms with Crippen LogP contribution >= 0.6 is 0 Å². The van der Waals surface area contributed by atoms with Crippen LogP contribution in [0, 0.1) is 11.6 Å². The largest absolute Gasteiger partial charge is 0.378 e. The van der Waals surface area contributed by atoms with E-state index in [-0.39, 0.29) is 11.8 Å². The molecule has 5 rings (SSSR count). The van der Waals surface area contributed by atoms with E-state index in [4.69, 9.17) is 9.47 Å². The molecule has 1 atom stereocenters. The molecule has 30 heavy (non-hydrogen) atoms. The van der Waals surface area contributed by atoms with Crippen molar-refractivity contribution in [1.29, 1.82) is 0 Å². The highest BCUT2D eigenvalue weighted by Gasteiger charge is 2.31. The van der Waals surface area contributed by atoms with E-state index < -0.39 is 11.6 Å². The summed E-state index contributed by atoms with van der Waals surface area (Å²) in [7, 11) is 0. The van der Waals surface area contributed by atoms with E-state index in [2.05, 4.69) is 20.3 Å². The standard InChI is InChI=1S/C21H21F2N5O2/c22-15-7-16(23)9-18(8-15)28-13-24-21(26-28)25-17-3-1-2-14(6-17)20-10-27(4-5-30-20)19-11-29-12-19/h1-3,6-9,13,19-20H,4-5,10-12H2,(H,25,26)/t20-/m1/s1. The second-order valence-corrected chi connectivity index (χ2v) is 7.44. The summed E-state index contributed by atoms with van der Waals surface area (Å²) in [5.74, 6) is -1.01. The van der Waals surface area contributed by atoms with Crippen molar-refractivity contribution in [1.82, 2.24) is 19.7 Å². The Morgan fingerprint density at radius 3 is 2.67 bits per heavy atom. The van der Waals surface area contributed by atoms with Gasteiger partial charge >= 0.3 is 0 Å². The van der Waals surface area contributed by atoms with Gasteiger partial charge in [-0.1, -0.05) is 12.1 Å². The fourth-order valence-corrected chi connectivity index (χ4v) is 3.70. The van der Waals surface area contributed by atoms with Crippen molar-refractivity contribution >= 4 is 11.6 Å². The number of morpholine rings is 1. The lowest BCUT2D eigenvalue weighted by molar-refractivity contribution is -0.115. The third-order valence-corrected chi connectivity index (χ3v) is 5.35. The van der Waals surface area contributed by atoms with E-state index >= 15 is 0 Å². The third-order valence-electron chi connectivity index (χ3n) is 5.35. The first-order chi connectivity index (χ1) is 14.6. The summed E-state index contributed by atoms with van der Waals surface area (Å²) in [4.78, 5) is 6.60. The quantitative estimate of drug-likeness (QED) is 0.694. The molecular formula is C21H21F2N5O2. The molecule has 9 heteroatoms. The molecule has 2 fully saturated rings. The number of halogens is 2. The summed E-state index contributed by atoms with van der Waals surface area (Å²) in [6.07, 6.45) is 1.39. The Hall–Kier alpha value is -2.88. The Morgan fingerprint density at radius 2 is 1.90 bits per heavy atom. The number of nitrogens with one attached hydrogen (secondary N) is 1. The Balaban J connectivity index is 1.30. The molecule has 0 spiro atoms. The Morgan fingerprint density at radius 1 is 1.07 bits per heavy atom. The Bertz CT molecular complexity index is 1020. The number of hydrogen-bond acceptors (Lipinski definition) is 6. The fourth-order valence-electron chi connectivity index (χ4n) is 3.70. The zero-order chi connectivity index (χ0) is 20.5. The number of nitrogens with zero attached hydrogens (tertiary/aromatic N) is 4. The molecule has 156 valence electrons. The van der Waals surface area contributed by atoms with Crippen LogP contribution in [0.2, 0.25) is 0 Å². The maximum absolute atomic E-state index is 13.5. The number of ether oxygens (including phenoxy) is 2. The lowest BCUT2D eigenvalue weighted by atomic mass is 10.1. The molecule has 2 aliphatic rings. The van der Waals surface area contributed by atoms with E-state index in [1.807, 2.05) is 24.3 Å². The van der Waals surface area contributed by atoms with Gasteiger partial charge in [-0.15, -0.1) is 5.10 Å². The summed E-state index contributed by atoms with van der Waals surface area (Å²) >= 11 is 0. The van der Waals surface area contributed by atoms with Crippen molar-refractivity contribution in [2.75, 3.05) is 38.2 Å². The highest BCUT2D eigenvalue weighted by Crippen LogP contribution is 2.27. The van der Waals surface area contributed by atoms with E-state index in [0.29, 0.717) is 18.6 Å². The molecule has 0 aliphatic carbocycles. The molecule has 7 nitrogen and oxygen atoms in total. The van der Waals surface area contributed by atoms with Crippen LogP contribution in [0.15, 0.2) is 48.8 Å². The van der Waals surface area contributed by atoms with Gasteiger partial charge < -0.3 is 14.8 Å².